The summed E-state index contributed by atoms with van der Waals surface area (Å²) in [6.07, 6.45) is 3.29. The van der Waals surface area contributed by atoms with Gasteiger partial charge in [-0.15, -0.1) is 0 Å². The summed E-state index contributed by atoms with van der Waals surface area (Å²) >= 11 is 0. The van der Waals surface area contributed by atoms with Gasteiger partial charge in [0.25, 0.3) is 0 Å². The van der Waals surface area contributed by atoms with Crippen molar-refractivity contribution in [3.05, 3.63) is 56.0 Å². The molecule has 1 aliphatic heterocycles. The fourth-order valence-electron chi connectivity index (χ4n) is 5.06. The summed E-state index contributed by atoms with van der Waals surface area (Å²) in [7, 11) is 1.46. The first-order valence-electron chi connectivity index (χ1n) is 12.4. The van der Waals surface area contributed by atoms with Gasteiger partial charge < -0.3 is 27.8 Å². The van der Waals surface area contributed by atoms with E-state index >= 15 is 4.39 Å². The van der Waals surface area contributed by atoms with Gasteiger partial charge in [-0.3, -0.25) is 9.69 Å². The Balaban J connectivity index is 1.54. The Hall–Kier alpha value is -3.60. The molecule has 0 spiro atoms. The number of hydrogen-bond donors (Lipinski definition) is 0. The minimum atomic E-state index is -0.727. The summed E-state index contributed by atoms with van der Waals surface area (Å²) in [6.45, 7) is 7.44. The zero-order valence-electron chi connectivity index (χ0n) is 21.3. The first-order valence-corrected chi connectivity index (χ1v) is 12.4. The number of ether oxygens (including phenoxy) is 2. The fourth-order valence-corrected chi connectivity index (χ4v) is 5.06. The second-order valence-corrected chi connectivity index (χ2v) is 9.57. The minimum absolute atomic E-state index is 0.00929. The molecule has 2 fully saturated rings. The van der Waals surface area contributed by atoms with E-state index in [1.807, 2.05) is 16.4 Å². The van der Waals surface area contributed by atoms with E-state index in [2.05, 4.69) is 4.90 Å². The summed E-state index contributed by atoms with van der Waals surface area (Å²) in [5, 5.41) is 0.0905. The molecule has 1 atom stereocenters. The molecule has 1 aliphatic carbocycles. The zero-order chi connectivity index (χ0) is 26.4. The molecule has 198 valence electrons. The van der Waals surface area contributed by atoms with Gasteiger partial charge in [0.1, 0.15) is 17.0 Å². The standard InChI is InChI=1S/C26H30FN3O7/c1-5-35-25(32)18-12-30(16-6-7-16)21-17(23(18)31)10-19(27)22(24(21)34-4)29-9-8-28(14(2)11-29)13-20-15(3)36-26(33)37-20/h10,12,14,16H,5-9,11,13H2,1-4H3. The van der Waals surface area contributed by atoms with Crippen LogP contribution in [0.25, 0.3) is 10.9 Å². The first kappa shape index (κ1) is 25.1. The molecule has 2 aliphatic rings. The highest BCUT2D eigenvalue weighted by atomic mass is 19.1. The van der Waals surface area contributed by atoms with Crippen LogP contribution in [-0.2, 0) is 11.3 Å². The van der Waals surface area contributed by atoms with E-state index in [4.69, 9.17) is 18.3 Å². The topological polar surface area (TPSA) is 107 Å². The Kier molecular flexibility index (Phi) is 6.57. The Bertz CT molecular complexity index is 1470. The number of pyridine rings is 1. The number of methoxy groups -OCH3 is 1. The molecule has 1 saturated carbocycles. The van der Waals surface area contributed by atoms with Gasteiger partial charge in [-0.05, 0) is 39.7 Å². The molecule has 37 heavy (non-hydrogen) atoms. The van der Waals surface area contributed by atoms with Gasteiger partial charge in [-0.1, -0.05) is 0 Å². The molecule has 0 bridgehead atoms. The smallest absolute Gasteiger partial charge is 0.492 e. The number of hydrogen-bond acceptors (Lipinski definition) is 9. The highest BCUT2D eigenvalue weighted by molar-refractivity contribution is 5.97. The third-order valence-corrected chi connectivity index (χ3v) is 7.10. The average Bonchev–Trinajstić information content (AvgIpc) is 3.65. The van der Waals surface area contributed by atoms with Gasteiger partial charge in [-0.25, -0.2) is 14.0 Å². The number of benzene rings is 1. The van der Waals surface area contributed by atoms with Crippen molar-refractivity contribution in [2.45, 2.75) is 52.2 Å². The van der Waals surface area contributed by atoms with Crippen LogP contribution in [0.1, 0.15) is 54.6 Å². The van der Waals surface area contributed by atoms with Crippen molar-refractivity contribution in [3.8, 4) is 5.75 Å². The van der Waals surface area contributed by atoms with E-state index in [-0.39, 0.29) is 41.1 Å². The summed E-state index contributed by atoms with van der Waals surface area (Å²) in [6, 6.07) is 1.29. The number of aryl methyl sites for hydroxylation is 1. The molecule has 10 nitrogen and oxygen atoms in total. The Morgan fingerprint density at radius 2 is 1.97 bits per heavy atom. The van der Waals surface area contributed by atoms with Crippen LogP contribution in [0.15, 0.2) is 30.7 Å². The van der Waals surface area contributed by atoms with Crippen molar-refractivity contribution in [1.29, 1.82) is 0 Å². The number of halogens is 1. The number of carbonyl (C=O) groups excluding carboxylic acids is 1. The first-order chi connectivity index (χ1) is 17.7. The van der Waals surface area contributed by atoms with Crippen molar-refractivity contribution in [2.75, 3.05) is 38.3 Å². The van der Waals surface area contributed by atoms with Crippen molar-refractivity contribution >= 4 is 22.6 Å². The number of fused-ring (bicyclic) bond motifs is 1. The summed E-state index contributed by atoms with van der Waals surface area (Å²) in [5.41, 5.74) is 0.0682. The molecule has 0 N–H and O–H groups in total. The maximum atomic E-state index is 15.7. The molecule has 0 radical (unpaired) electrons. The molecule has 11 heteroatoms. The van der Waals surface area contributed by atoms with Gasteiger partial charge in [0, 0.05) is 37.9 Å². The quantitative estimate of drug-likeness (QED) is 0.438. The number of rotatable bonds is 7. The van der Waals surface area contributed by atoms with Crippen LogP contribution < -0.4 is 20.9 Å². The van der Waals surface area contributed by atoms with Gasteiger partial charge >= 0.3 is 11.8 Å². The van der Waals surface area contributed by atoms with Crippen LogP contribution in [0, 0.1) is 12.7 Å². The van der Waals surface area contributed by atoms with Crippen LogP contribution in [0.4, 0.5) is 10.1 Å². The molecular formula is C26H30FN3O7. The minimum Gasteiger partial charge on any atom is -0.492 e. The number of aromatic nitrogens is 1. The van der Waals surface area contributed by atoms with Crippen molar-refractivity contribution < 1.29 is 27.5 Å². The highest BCUT2D eigenvalue weighted by Crippen LogP contribution is 2.44. The Labute approximate surface area is 212 Å². The number of esters is 1. The average molecular weight is 516 g/mol. The highest BCUT2D eigenvalue weighted by Gasteiger charge is 2.34. The lowest BCUT2D eigenvalue weighted by atomic mass is 10.1. The van der Waals surface area contributed by atoms with E-state index in [0.717, 1.165) is 12.8 Å². The monoisotopic (exact) mass is 515 g/mol. The molecule has 2 aromatic heterocycles. The largest absolute Gasteiger partial charge is 0.519 e. The van der Waals surface area contributed by atoms with Crippen LogP contribution in [0.5, 0.6) is 5.75 Å². The van der Waals surface area contributed by atoms with Crippen LogP contribution in [0.3, 0.4) is 0 Å². The molecule has 3 aromatic rings. The van der Waals surface area contributed by atoms with Crippen LogP contribution in [0.2, 0.25) is 0 Å². The van der Waals surface area contributed by atoms with E-state index in [1.165, 1.54) is 19.4 Å². The molecule has 1 aromatic carbocycles. The molecular weight excluding hydrogens is 485 g/mol. The summed E-state index contributed by atoms with van der Waals surface area (Å²) in [4.78, 5) is 41.2. The molecule has 1 unspecified atom stereocenters. The maximum Gasteiger partial charge on any atom is 0.519 e. The van der Waals surface area contributed by atoms with Gasteiger partial charge in [-0.2, -0.15) is 0 Å². The third-order valence-electron chi connectivity index (χ3n) is 7.10. The van der Waals surface area contributed by atoms with Crippen molar-refractivity contribution in [2.24, 2.45) is 0 Å². The summed E-state index contributed by atoms with van der Waals surface area (Å²) in [5.74, 6) is -0.850. The molecule has 5 rings (SSSR count). The van der Waals surface area contributed by atoms with E-state index in [0.29, 0.717) is 43.2 Å². The van der Waals surface area contributed by atoms with Crippen LogP contribution in [-0.4, -0.2) is 54.8 Å². The van der Waals surface area contributed by atoms with E-state index in [9.17, 15) is 14.4 Å². The number of piperazine rings is 1. The molecule has 3 heterocycles. The summed E-state index contributed by atoms with van der Waals surface area (Å²) < 4.78 is 38.5. The SMILES string of the molecule is CCOC(=O)c1cn(C2CC2)c2c(OC)c(N3CCN(Cc4oc(=O)oc4C)C(C)C3)c(F)cc2c1=O. The Morgan fingerprint density at radius 1 is 1.22 bits per heavy atom. The lowest BCUT2D eigenvalue weighted by molar-refractivity contribution is 0.0524. The predicted molar refractivity (Wildman–Crippen MR) is 133 cm³/mol. The Morgan fingerprint density at radius 3 is 2.57 bits per heavy atom. The molecule has 0 amide bonds. The van der Waals surface area contributed by atoms with E-state index in [1.54, 1.807) is 13.8 Å². The van der Waals surface area contributed by atoms with E-state index < -0.39 is 23.0 Å². The third kappa shape index (κ3) is 4.52. The van der Waals surface area contributed by atoms with Gasteiger partial charge in [0.05, 0.1) is 31.2 Å². The van der Waals surface area contributed by atoms with Crippen molar-refractivity contribution in [1.82, 2.24) is 9.47 Å². The number of carbonyl (C=O) groups is 1. The lowest BCUT2D eigenvalue weighted by Gasteiger charge is -2.41. The number of anilines is 1. The van der Waals surface area contributed by atoms with Gasteiger partial charge in [0.15, 0.2) is 17.3 Å². The second kappa shape index (κ2) is 9.70. The predicted octanol–water partition coefficient (Wildman–Crippen LogP) is 3.23. The zero-order valence-corrected chi connectivity index (χ0v) is 21.3. The van der Waals surface area contributed by atoms with Gasteiger partial charge in [0.2, 0.25) is 5.43 Å². The van der Waals surface area contributed by atoms with Crippen LogP contribution >= 0.6 is 0 Å². The number of nitrogens with zero attached hydrogens (tertiary/aromatic N) is 3. The van der Waals surface area contributed by atoms with Crippen molar-refractivity contribution in [3.63, 3.8) is 0 Å². The lowest BCUT2D eigenvalue weighted by Crippen LogP contribution is -2.51. The second-order valence-electron chi connectivity index (χ2n) is 9.57. The fraction of sp³-hybridized carbons (Fsp3) is 0.500. The normalized spacial score (nSPS) is 18.4. The molecule has 1 saturated heterocycles. The maximum absolute atomic E-state index is 15.7.